The van der Waals surface area contributed by atoms with Gasteiger partial charge in [0.15, 0.2) is 0 Å². The number of imide groups is 1. The van der Waals surface area contributed by atoms with Crippen LogP contribution in [0.5, 0.6) is 5.75 Å². The quantitative estimate of drug-likeness (QED) is 0.740. The number of hydrogen-bond donors (Lipinski definition) is 1. The number of carbonyl (C=O) groups is 2. The highest BCUT2D eigenvalue weighted by Crippen LogP contribution is 2.39. The molecule has 0 bridgehead atoms. The van der Waals surface area contributed by atoms with Gasteiger partial charge in [-0.3, -0.25) is 9.69 Å². The summed E-state index contributed by atoms with van der Waals surface area (Å²) in [6.07, 6.45) is 3.44. The first-order valence-corrected chi connectivity index (χ1v) is 10.6. The first-order valence-electron chi connectivity index (χ1n) is 10.6. The van der Waals surface area contributed by atoms with Gasteiger partial charge in [0.1, 0.15) is 24.0 Å². The zero-order valence-corrected chi connectivity index (χ0v) is 17.3. The fourth-order valence-corrected chi connectivity index (χ4v) is 4.52. The highest BCUT2D eigenvalue weighted by Gasteiger charge is 2.55. The van der Waals surface area contributed by atoms with Crippen molar-refractivity contribution in [2.75, 3.05) is 20.2 Å². The summed E-state index contributed by atoms with van der Waals surface area (Å²) in [4.78, 5) is 28.4. The third kappa shape index (κ3) is 3.79. The molecule has 2 aromatic carbocycles. The van der Waals surface area contributed by atoms with Gasteiger partial charge in [0.2, 0.25) is 0 Å². The van der Waals surface area contributed by atoms with Crippen molar-refractivity contribution in [3.63, 3.8) is 0 Å². The van der Waals surface area contributed by atoms with Gasteiger partial charge < -0.3 is 14.7 Å². The number of nitrogens with zero attached hydrogens (tertiary/aromatic N) is 2. The Morgan fingerprint density at radius 2 is 1.60 bits per heavy atom. The van der Waals surface area contributed by atoms with Gasteiger partial charge >= 0.3 is 6.03 Å². The fraction of sp³-hybridized carbons (Fsp3) is 0.417. The van der Waals surface area contributed by atoms with E-state index in [1.54, 1.807) is 11.9 Å². The molecule has 1 saturated heterocycles. The van der Waals surface area contributed by atoms with Gasteiger partial charge in [0, 0.05) is 7.05 Å². The molecule has 3 amide bonds. The van der Waals surface area contributed by atoms with Crippen LogP contribution in [0, 0.1) is 0 Å². The molecule has 1 atom stereocenters. The Kier molecular flexibility index (Phi) is 5.77. The van der Waals surface area contributed by atoms with Gasteiger partial charge in [-0.15, -0.1) is 0 Å². The van der Waals surface area contributed by atoms with Crippen molar-refractivity contribution in [1.29, 1.82) is 0 Å². The fourth-order valence-electron chi connectivity index (χ4n) is 4.52. The van der Waals surface area contributed by atoms with Crippen LogP contribution in [0.25, 0.3) is 11.1 Å². The minimum atomic E-state index is -0.946. The zero-order valence-electron chi connectivity index (χ0n) is 17.3. The van der Waals surface area contributed by atoms with Crippen LogP contribution in [0.1, 0.15) is 32.1 Å². The Hall–Kier alpha value is -2.86. The molecule has 1 saturated carbocycles. The molecule has 0 aromatic heterocycles. The Balaban J connectivity index is 1.34. The van der Waals surface area contributed by atoms with E-state index in [0.29, 0.717) is 18.6 Å². The zero-order chi connectivity index (χ0) is 21.1. The van der Waals surface area contributed by atoms with Crippen molar-refractivity contribution in [2.24, 2.45) is 0 Å². The minimum absolute atomic E-state index is 0.0124. The molecule has 158 valence electrons. The summed E-state index contributed by atoms with van der Waals surface area (Å²) >= 11 is 0. The predicted molar refractivity (Wildman–Crippen MR) is 114 cm³/mol. The average Bonchev–Trinajstić information content (AvgIpc) is 2.95. The van der Waals surface area contributed by atoms with E-state index in [2.05, 4.69) is 0 Å². The summed E-state index contributed by atoms with van der Waals surface area (Å²) < 4.78 is 5.69. The highest BCUT2D eigenvalue weighted by molar-refractivity contribution is 6.07. The van der Waals surface area contributed by atoms with E-state index in [0.717, 1.165) is 30.4 Å². The number of β-amino-alcohol motifs (C(OH)–C–C–N with tert-alkyl or cyclic N) is 1. The standard InChI is InChI=1S/C24H28N2O4/c1-25-23(29)26(22(28)24(25)14-6-3-7-15-24)16-20(27)17-30-21-12-10-19(11-13-21)18-8-4-2-5-9-18/h2,4-5,8-13,20,27H,3,6-7,14-17H2,1H3/t20-/m0/s1. The van der Waals surface area contributed by atoms with Gasteiger partial charge in [0.05, 0.1) is 6.54 Å². The second kappa shape index (κ2) is 8.48. The minimum Gasteiger partial charge on any atom is -0.491 e. The number of urea groups is 1. The van der Waals surface area contributed by atoms with E-state index in [1.165, 1.54) is 4.90 Å². The molecule has 2 aliphatic rings. The number of carbonyl (C=O) groups excluding carboxylic acids is 2. The molecular formula is C24H28N2O4. The van der Waals surface area contributed by atoms with Crippen molar-refractivity contribution >= 4 is 11.9 Å². The number of rotatable bonds is 6. The summed E-state index contributed by atoms with van der Waals surface area (Å²) in [6.45, 7) is -0.0374. The predicted octanol–water partition coefficient (Wildman–Crippen LogP) is 3.69. The molecule has 1 N–H and O–H groups in total. The first kappa shape index (κ1) is 20.4. The van der Waals surface area contributed by atoms with Crippen LogP contribution < -0.4 is 4.74 Å². The van der Waals surface area contributed by atoms with Gasteiger partial charge in [-0.1, -0.05) is 61.7 Å². The molecule has 6 heteroatoms. The summed E-state index contributed by atoms with van der Waals surface area (Å²) in [5, 5.41) is 10.4. The van der Waals surface area contributed by atoms with Crippen LogP contribution in [0.3, 0.4) is 0 Å². The van der Waals surface area contributed by atoms with Gasteiger partial charge in [-0.25, -0.2) is 4.79 Å². The van der Waals surface area contributed by atoms with Crippen molar-refractivity contribution in [3.8, 4) is 16.9 Å². The van der Waals surface area contributed by atoms with Gasteiger partial charge in [-0.05, 0) is 36.1 Å². The molecule has 4 rings (SSSR count). The summed E-state index contributed by atoms with van der Waals surface area (Å²) in [5.41, 5.74) is 1.48. The Morgan fingerprint density at radius 3 is 2.27 bits per heavy atom. The van der Waals surface area contributed by atoms with Crippen LogP contribution in [0.2, 0.25) is 0 Å². The van der Waals surface area contributed by atoms with Crippen LogP contribution in [0.15, 0.2) is 54.6 Å². The van der Waals surface area contributed by atoms with Crippen molar-refractivity contribution in [2.45, 2.75) is 43.7 Å². The second-order valence-electron chi connectivity index (χ2n) is 8.20. The molecule has 2 aromatic rings. The Morgan fingerprint density at radius 1 is 0.967 bits per heavy atom. The highest BCUT2D eigenvalue weighted by atomic mass is 16.5. The lowest BCUT2D eigenvalue weighted by Crippen LogP contribution is -2.49. The SMILES string of the molecule is CN1C(=O)N(C[C@H](O)COc2ccc(-c3ccccc3)cc2)C(=O)C12CCCCC2. The number of aliphatic hydroxyl groups excluding tert-OH is 1. The van der Waals surface area contributed by atoms with Crippen molar-refractivity contribution in [1.82, 2.24) is 9.80 Å². The summed E-state index contributed by atoms with van der Waals surface area (Å²) in [7, 11) is 1.70. The third-order valence-corrected chi connectivity index (χ3v) is 6.28. The number of ether oxygens (including phenoxy) is 1. The van der Waals surface area contributed by atoms with Crippen molar-refractivity contribution < 1.29 is 19.4 Å². The molecule has 6 nitrogen and oxygen atoms in total. The molecule has 1 spiro atoms. The molecular weight excluding hydrogens is 380 g/mol. The number of likely N-dealkylation sites (N-methyl/N-ethyl adjacent to an activating group) is 1. The van der Waals surface area contributed by atoms with E-state index >= 15 is 0 Å². The van der Waals surface area contributed by atoms with Crippen LogP contribution in [0.4, 0.5) is 4.79 Å². The molecule has 1 aliphatic carbocycles. The number of benzene rings is 2. The molecule has 0 unspecified atom stereocenters. The summed E-state index contributed by atoms with van der Waals surface area (Å²) in [5.74, 6) is 0.453. The normalized spacial score (nSPS) is 19.4. The first-order chi connectivity index (χ1) is 14.5. The largest absolute Gasteiger partial charge is 0.491 e. The van der Waals surface area contributed by atoms with Crippen LogP contribution in [-0.4, -0.2) is 58.7 Å². The average molecular weight is 408 g/mol. The molecule has 2 fully saturated rings. The Bertz CT molecular complexity index is 891. The number of hydrogen-bond acceptors (Lipinski definition) is 4. The van der Waals surface area contributed by atoms with Gasteiger partial charge in [-0.2, -0.15) is 0 Å². The van der Waals surface area contributed by atoms with Gasteiger partial charge in [0.25, 0.3) is 5.91 Å². The number of amides is 3. The monoisotopic (exact) mass is 408 g/mol. The maximum absolute atomic E-state index is 13.0. The second-order valence-corrected chi connectivity index (χ2v) is 8.20. The molecule has 30 heavy (non-hydrogen) atoms. The van der Waals surface area contributed by atoms with E-state index in [-0.39, 0.29) is 25.1 Å². The lowest BCUT2D eigenvalue weighted by molar-refractivity contribution is -0.135. The third-order valence-electron chi connectivity index (χ3n) is 6.28. The molecule has 0 radical (unpaired) electrons. The van der Waals surface area contributed by atoms with E-state index in [1.807, 2.05) is 54.6 Å². The molecule has 1 aliphatic heterocycles. The van der Waals surface area contributed by atoms with E-state index in [4.69, 9.17) is 4.74 Å². The smallest absolute Gasteiger partial charge is 0.327 e. The lowest BCUT2D eigenvalue weighted by Gasteiger charge is -2.35. The summed E-state index contributed by atoms with van der Waals surface area (Å²) in [6, 6.07) is 17.4. The van der Waals surface area contributed by atoms with Crippen LogP contribution >= 0.6 is 0 Å². The molecule has 1 heterocycles. The van der Waals surface area contributed by atoms with Crippen molar-refractivity contribution in [3.05, 3.63) is 54.6 Å². The Labute approximate surface area is 177 Å². The topological polar surface area (TPSA) is 70.1 Å². The van der Waals surface area contributed by atoms with E-state index < -0.39 is 11.6 Å². The maximum atomic E-state index is 13.0. The van der Waals surface area contributed by atoms with Crippen LogP contribution in [-0.2, 0) is 4.79 Å². The maximum Gasteiger partial charge on any atom is 0.327 e. The number of aliphatic hydroxyl groups is 1. The van der Waals surface area contributed by atoms with E-state index in [9.17, 15) is 14.7 Å². The lowest BCUT2D eigenvalue weighted by atomic mass is 9.81.